The Morgan fingerprint density at radius 3 is 2.58 bits per heavy atom. The Morgan fingerprint density at radius 2 is 1.79 bits per heavy atom. The molecule has 0 saturated heterocycles. The maximum atomic E-state index is 12.1. The quantitative estimate of drug-likeness (QED) is 0.671. The number of anilines is 1. The van der Waals surface area contributed by atoms with Crippen molar-refractivity contribution in [2.75, 3.05) is 5.32 Å². The van der Waals surface area contributed by atoms with Crippen LogP contribution in [0, 0.1) is 13.8 Å². The zero-order valence-corrected chi connectivity index (χ0v) is 13.7. The molecule has 3 nitrogen and oxygen atoms in total. The van der Waals surface area contributed by atoms with Gasteiger partial charge in [-0.05, 0) is 49.2 Å². The van der Waals surface area contributed by atoms with Crippen LogP contribution in [0.5, 0.6) is 0 Å². The molecule has 1 amide bonds. The van der Waals surface area contributed by atoms with Gasteiger partial charge in [-0.1, -0.05) is 42.5 Å². The average molecular weight is 317 g/mol. The van der Waals surface area contributed by atoms with Gasteiger partial charge in [0, 0.05) is 17.3 Å². The number of benzene rings is 2. The van der Waals surface area contributed by atoms with E-state index < -0.39 is 0 Å². The summed E-state index contributed by atoms with van der Waals surface area (Å²) in [4.78, 5) is 12.1. The van der Waals surface area contributed by atoms with Crippen LogP contribution in [0.2, 0.25) is 0 Å². The second kappa shape index (κ2) is 7.01. The summed E-state index contributed by atoms with van der Waals surface area (Å²) in [7, 11) is 0. The molecular weight excluding hydrogens is 298 g/mol. The molecule has 0 aliphatic heterocycles. The lowest BCUT2D eigenvalue weighted by Crippen LogP contribution is -2.09. The van der Waals surface area contributed by atoms with E-state index >= 15 is 0 Å². The molecular formula is C21H19NO2. The molecule has 0 bridgehead atoms. The molecule has 0 atom stereocenters. The lowest BCUT2D eigenvalue weighted by Gasteiger charge is -2.07. The molecule has 0 saturated carbocycles. The van der Waals surface area contributed by atoms with E-state index in [0.717, 1.165) is 28.1 Å². The fraction of sp³-hybridized carbons (Fsp3) is 0.0952. The SMILES string of the molecule is Cc1ccc(C)c(NC(=O)/C=C/c2ccc(-c3ccccc3)o2)c1. The van der Waals surface area contributed by atoms with Gasteiger partial charge in [0.05, 0.1) is 0 Å². The van der Waals surface area contributed by atoms with Crippen LogP contribution in [0.15, 0.2) is 71.2 Å². The van der Waals surface area contributed by atoms with E-state index in [0.29, 0.717) is 5.76 Å². The molecule has 1 heterocycles. The highest BCUT2D eigenvalue weighted by atomic mass is 16.3. The van der Waals surface area contributed by atoms with Crippen molar-refractivity contribution < 1.29 is 9.21 Å². The normalized spacial score (nSPS) is 10.9. The molecule has 120 valence electrons. The summed E-state index contributed by atoms with van der Waals surface area (Å²) < 4.78 is 5.75. The third kappa shape index (κ3) is 3.82. The van der Waals surface area contributed by atoms with Gasteiger partial charge >= 0.3 is 0 Å². The Morgan fingerprint density at radius 1 is 1.00 bits per heavy atom. The average Bonchev–Trinajstić information content (AvgIpc) is 3.06. The third-order valence-electron chi connectivity index (χ3n) is 3.74. The first-order chi connectivity index (χ1) is 11.6. The highest BCUT2D eigenvalue weighted by molar-refractivity contribution is 6.02. The summed E-state index contributed by atoms with van der Waals surface area (Å²) in [5, 5.41) is 2.89. The third-order valence-corrected chi connectivity index (χ3v) is 3.74. The first-order valence-electron chi connectivity index (χ1n) is 7.83. The summed E-state index contributed by atoms with van der Waals surface area (Å²) >= 11 is 0. The summed E-state index contributed by atoms with van der Waals surface area (Å²) in [5.74, 6) is 1.25. The molecule has 1 aromatic heterocycles. The largest absolute Gasteiger partial charge is 0.457 e. The van der Waals surface area contributed by atoms with Crippen LogP contribution in [0.4, 0.5) is 5.69 Å². The Labute approximate surface area is 141 Å². The molecule has 0 radical (unpaired) electrons. The molecule has 24 heavy (non-hydrogen) atoms. The van der Waals surface area contributed by atoms with Crippen molar-refractivity contribution >= 4 is 17.7 Å². The van der Waals surface area contributed by atoms with Gasteiger partial charge in [-0.15, -0.1) is 0 Å². The second-order valence-electron chi connectivity index (χ2n) is 5.71. The number of amides is 1. The van der Waals surface area contributed by atoms with Crippen molar-refractivity contribution in [3.05, 3.63) is 83.6 Å². The van der Waals surface area contributed by atoms with E-state index in [2.05, 4.69) is 5.32 Å². The molecule has 2 aromatic carbocycles. The molecule has 3 heteroatoms. The molecule has 0 fully saturated rings. The van der Waals surface area contributed by atoms with Crippen molar-refractivity contribution in [2.45, 2.75) is 13.8 Å². The van der Waals surface area contributed by atoms with Crippen LogP contribution < -0.4 is 5.32 Å². The van der Waals surface area contributed by atoms with Crippen molar-refractivity contribution in [3.8, 4) is 11.3 Å². The lowest BCUT2D eigenvalue weighted by atomic mass is 10.1. The number of carbonyl (C=O) groups is 1. The topological polar surface area (TPSA) is 42.2 Å². The van der Waals surface area contributed by atoms with E-state index in [-0.39, 0.29) is 5.91 Å². The van der Waals surface area contributed by atoms with E-state index in [4.69, 9.17) is 4.42 Å². The van der Waals surface area contributed by atoms with Crippen molar-refractivity contribution in [2.24, 2.45) is 0 Å². The first kappa shape index (κ1) is 15.8. The smallest absolute Gasteiger partial charge is 0.248 e. The second-order valence-corrected chi connectivity index (χ2v) is 5.71. The minimum absolute atomic E-state index is 0.179. The van der Waals surface area contributed by atoms with Gasteiger partial charge in [0.25, 0.3) is 0 Å². The molecule has 0 aliphatic rings. The van der Waals surface area contributed by atoms with Gasteiger partial charge in [0.1, 0.15) is 11.5 Å². The number of nitrogens with one attached hydrogen (secondary N) is 1. The minimum atomic E-state index is -0.179. The molecule has 3 rings (SSSR count). The number of hydrogen-bond donors (Lipinski definition) is 1. The highest BCUT2D eigenvalue weighted by Gasteiger charge is 2.04. The van der Waals surface area contributed by atoms with Crippen LogP contribution in [-0.4, -0.2) is 5.91 Å². The van der Waals surface area contributed by atoms with Gasteiger partial charge in [-0.3, -0.25) is 4.79 Å². The van der Waals surface area contributed by atoms with E-state index in [1.54, 1.807) is 6.08 Å². The van der Waals surface area contributed by atoms with Crippen LogP contribution >= 0.6 is 0 Å². The summed E-state index contributed by atoms with van der Waals surface area (Å²) in [6, 6.07) is 19.6. The molecule has 3 aromatic rings. The van der Waals surface area contributed by atoms with Crippen molar-refractivity contribution in [1.29, 1.82) is 0 Å². The van der Waals surface area contributed by atoms with E-state index in [1.807, 2.05) is 74.5 Å². The zero-order chi connectivity index (χ0) is 16.9. The Bertz CT molecular complexity index is 876. The predicted octanol–water partition coefficient (Wildman–Crippen LogP) is 5.22. The van der Waals surface area contributed by atoms with E-state index in [9.17, 15) is 4.79 Å². The van der Waals surface area contributed by atoms with Crippen LogP contribution in [0.25, 0.3) is 17.4 Å². The van der Waals surface area contributed by atoms with Crippen LogP contribution in [0.3, 0.4) is 0 Å². The predicted molar refractivity (Wildman–Crippen MR) is 97.7 cm³/mol. The number of hydrogen-bond acceptors (Lipinski definition) is 2. The summed E-state index contributed by atoms with van der Waals surface area (Å²) in [6.45, 7) is 3.97. The monoisotopic (exact) mass is 317 g/mol. The summed E-state index contributed by atoms with van der Waals surface area (Å²) in [6.07, 6.45) is 3.16. The molecule has 1 N–H and O–H groups in total. The molecule has 0 unspecified atom stereocenters. The molecule has 0 spiro atoms. The van der Waals surface area contributed by atoms with Crippen molar-refractivity contribution in [1.82, 2.24) is 0 Å². The number of carbonyl (C=O) groups excluding carboxylic acids is 1. The fourth-order valence-corrected chi connectivity index (χ4v) is 2.40. The van der Waals surface area contributed by atoms with Gasteiger partial charge in [-0.25, -0.2) is 0 Å². The fourth-order valence-electron chi connectivity index (χ4n) is 2.40. The minimum Gasteiger partial charge on any atom is -0.457 e. The number of furan rings is 1. The Kier molecular flexibility index (Phi) is 4.62. The standard InChI is InChI=1S/C21H19NO2/c1-15-8-9-16(2)19(14-15)22-21(23)13-11-18-10-12-20(24-18)17-6-4-3-5-7-17/h3-14H,1-2H3,(H,22,23)/b13-11+. The van der Waals surface area contributed by atoms with E-state index in [1.165, 1.54) is 6.08 Å². The summed E-state index contributed by atoms with van der Waals surface area (Å²) in [5.41, 5.74) is 3.98. The number of aryl methyl sites for hydroxylation is 2. The van der Waals surface area contributed by atoms with Gasteiger partial charge in [0.2, 0.25) is 5.91 Å². The Balaban J connectivity index is 1.69. The number of rotatable bonds is 4. The maximum absolute atomic E-state index is 12.1. The maximum Gasteiger partial charge on any atom is 0.248 e. The molecule has 0 aliphatic carbocycles. The van der Waals surface area contributed by atoms with Gasteiger partial charge in [0.15, 0.2) is 0 Å². The van der Waals surface area contributed by atoms with Crippen molar-refractivity contribution in [3.63, 3.8) is 0 Å². The lowest BCUT2D eigenvalue weighted by molar-refractivity contribution is -0.111. The van der Waals surface area contributed by atoms with Crippen LogP contribution in [-0.2, 0) is 4.79 Å². The first-order valence-corrected chi connectivity index (χ1v) is 7.83. The van der Waals surface area contributed by atoms with Gasteiger partial charge < -0.3 is 9.73 Å². The highest BCUT2D eigenvalue weighted by Crippen LogP contribution is 2.22. The van der Waals surface area contributed by atoms with Gasteiger partial charge in [-0.2, -0.15) is 0 Å². The van der Waals surface area contributed by atoms with Crippen LogP contribution in [0.1, 0.15) is 16.9 Å². The Hall–Kier alpha value is -3.07. The zero-order valence-electron chi connectivity index (χ0n) is 13.7.